The molecule has 0 saturated carbocycles. The number of carbonyl (C=O) groups excluding carboxylic acids is 1. The number of hydrogen-bond acceptors (Lipinski definition) is 3. The molecule has 0 aliphatic heterocycles. The lowest BCUT2D eigenvalue weighted by molar-refractivity contribution is 0.1000. The van der Waals surface area contributed by atoms with E-state index in [-0.39, 0.29) is 0 Å². The van der Waals surface area contributed by atoms with Gasteiger partial charge in [-0.05, 0) is 31.5 Å². The lowest BCUT2D eigenvalue weighted by Crippen LogP contribution is -2.10. The minimum absolute atomic E-state index is 0.442. The smallest absolute Gasteiger partial charge is 0.250 e. The van der Waals surface area contributed by atoms with Crippen LogP contribution in [-0.4, -0.2) is 21.1 Å². The van der Waals surface area contributed by atoms with Crippen molar-refractivity contribution < 1.29 is 4.79 Å². The summed E-state index contributed by atoms with van der Waals surface area (Å²) >= 11 is 0. The number of nitrogens with two attached hydrogens (primary N) is 1. The summed E-state index contributed by atoms with van der Waals surface area (Å²) in [6.45, 7) is 4.03. The predicted octanol–water partition coefficient (Wildman–Crippen LogP) is 1.21. The molecule has 2 aromatic rings. The van der Waals surface area contributed by atoms with E-state index in [1.807, 2.05) is 20.0 Å². The Morgan fingerprint density at radius 1 is 1.38 bits per heavy atom. The highest BCUT2D eigenvalue weighted by Gasteiger charge is 1.94. The molecule has 2 aromatic heterocycles. The van der Waals surface area contributed by atoms with Crippen molar-refractivity contribution >= 4 is 5.91 Å². The average Bonchev–Trinajstić information content (AvgIpc) is 2.65. The van der Waals surface area contributed by atoms with Crippen molar-refractivity contribution in [1.82, 2.24) is 15.2 Å². The molecule has 0 atom stereocenters. The largest absolute Gasteiger partial charge is 0.366 e. The zero-order valence-electron chi connectivity index (χ0n) is 9.27. The van der Waals surface area contributed by atoms with Crippen LogP contribution in [0.25, 0.3) is 0 Å². The molecular formula is C11H14N4O. The first-order chi connectivity index (χ1) is 7.61. The van der Waals surface area contributed by atoms with Crippen LogP contribution in [0, 0.1) is 13.8 Å². The van der Waals surface area contributed by atoms with Crippen molar-refractivity contribution in [3.63, 3.8) is 0 Å². The number of amides is 1. The minimum atomic E-state index is -0.442. The van der Waals surface area contributed by atoms with Gasteiger partial charge in [-0.2, -0.15) is 5.10 Å². The summed E-state index contributed by atoms with van der Waals surface area (Å²) in [5.41, 5.74) is 7.75. The zero-order chi connectivity index (χ0) is 12.0. The normalized spacial score (nSPS) is 9.12. The van der Waals surface area contributed by atoms with E-state index < -0.39 is 5.91 Å². The lowest BCUT2D eigenvalue weighted by atomic mass is 10.3. The number of aromatic amines is 1. The predicted molar refractivity (Wildman–Crippen MR) is 60.8 cm³/mol. The third kappa shape index (κ3) is 3.53. The fraction of sp³-hybridized carbons (Fsp3) is 0.182. The van der Waals surface area contributed by atoms with E-state index in [9.17, 15) is 4.79 Å². The maximum absolute atomic E-state index is 10.4. The minimum Gasteiger partial charge on any atom is -0.366 e. The molecule has 16 heavy (non-hydrogen) atoms. The van der Waals surface area contributed by atoms with Gasteiger partial charge < -0.3 is 5.73 Å². The van der Waals surface area contributed by atoms with Crippen LogP contribution in [0.5, 0.6) is 0 Å². The van der Waals surface area contributed by atoms with Gasteiger partial charge >= 0.3 is 0 Å². The first-order valence-electron chi connectivity index (χ1n) is 4.77. The maximum atomic E-state index is 10.4. The van der Waals surface area contributed by atoms with Gasteiger partial charge in [-0.1, -0.05) is 0 Å². The quantitative estimate of drug-likeness (QED) is 0.754. The fourth-order valence-corrected chi connectivity index (χ4v) is 0.919. The van der Waals surface area contributed by atoms with E-state index in [4.69, 9.17) is 5.73 Å². The van der Waals surface area contributed by atoms with Crippen LogP contribution in [0.3, 0.4) is 0 Å². The summed E-state index contributed by atoms with van der Waals surface area (Å²) in [5.74, 6) is -0.442. The molecule has 0 spiro atoms. The lowest BCUT2D eigenvalue weighted by Gasteiger charge is -1.88. The molecule has 0 aromatic carbocycles. The second-order valence-electron chi connectivity index (χ2n) is 3.28. The zero-order valence-corrected chi connectivity index (χ0v) is 9.27. The summed E-state index contributed by atoms with van der Waals surface area (Å²) in [4.78, 5) is 14.1. The second-order valence-corrected chi connectivity index (χ2v) is 3.28. The topological polar surface area (TPSA) is 84.7 Å². The molecular weight excluding hydrogens is 204 g/mol. The van der Waals surface area contributed by atoms with E-state index in [1.54, 1.807) is 18.3 Å². The highest BCUT2D eigenvalue weighted by molar-refractivity contribution is 5.92. The van der Waals surface area contributed by atoms with Crippen molar-refractivity contribution in [3.8, 4) is 0 Å². The van der Waals surface area contributed by atoms with Crippen molar-refractivity contribution in [2.24, 2.45) is 5.73 Å². The molecule has 5 nitrogen and oxygen atoms in total. The third-order valence-electron chi connectivity index (χ3n) is 2.03. The summed E-state index contributed by atoms with van der Waals surface area (Å²) < 4.78 is 0. The van der Waals surface area contributed by atoms with Gasteiger partial charge in [0.05, 0.1) is 11.8 Å². The summed E-state index contributed by atoms with van der Waals surface area (Å²) in [6.07, 6.45) is 4.84. The van der Waals surface area contributed by atoms with Gasteiger partial charge in [-0.3, -0.25) is 14.9 Å². The van der Waals surface area contributed by atoms with Crippen molar-refractivity contribution in [2.75, 3.05) is 0 Å². The Bertz CT molecular complexity index is 434. The molecule has 0 aliphatic rings. The van der Waals surface area contributed by atoms with E-state index >= 15 is 0 Å². The van der Waals surface area contributed by atoms with Gasteiger partial charge in [0.25, 0.3) is 0 Å². The number of carbonyl (C=O) groups is 1. The molecule has 1 amide bonds. The average molecular weight is 218 g/mol. The summed E-state index contributed by atoms with van der Waals surface area (Å²) in [6, 6.07) is 3.29. The Hall–Kier alpha value is -2.17. The van der Waals surface area contributed by atoms with Gasteiger partial charge in [-0.25, -0.2) is 0 Å². The van der Waals surface area contributed by atoms with Gasteiger partial charge in [0.1, 0.15) is 0 Å². The SMILES string of the molecule is Cc1cn[nH]c1C.NC(=O)c1cccnc1. The molecule has 2 rings (SSSR count). The van der Waals surface area contributed by atoms with Crippen LogP contribution in [0.15, 0.2) is 30.7 Å². The number of nitrogens with zero attached hydrogens (tertiary/aromatic N) is 2. The van der Waals surface area contributed by atoms with Crippen LogP contribution < -0.4 is 5.73 Å². The first-order valence-corrected chi connectivity index (χ1v) is 4.77. The van der Waals surface area contributed by atoms with Crippen LogP contribution in [-0.2, 0) is 0 Å². The number of aromatic nitrogens is 3. The monoisotopic (exact) mass is 218 g/mol. The van der Waals surface area contributed by atoms with E-state index in [1.165, 1.54) is 11.8 Å². The Morgan fingerprint density at radius 2 is 2.12 bits per heavy atom. The molecule has 0 saturated heterocycles. The summed E-state index contributed by atoms with van der Waals surface area (Å²) in [7, 11) is 0. The van der Waals surface area contributed by atoms with E-state index in [2.05, 4.69) is 15.2 Å². The highest BCUT2D eigenvalue weighted by atomic mass is 16.1. The number of aryl methyl sites for hydroxylation is 2. The highest BCUT2D eigenvalue weighted by Crippen LogP contribution is 1.96. The Kier molecular flexibility index (Phi) is 4.20. The number of rotatable bonds is 1. The Labute approximate surface area is 93.7 Å². The van der Waals surface area contributed by atoms with Crippen LogP contribution >= 0.6 is 0 Å². The number of hydrogen-bond donors (Lipinski definition) is 2. The van der Waals surface area contributed by atoms with E-state index in [0.29, 0.717) is 5.56 Å². The number of pyridine rings is 1. The standard InChI is InChI=1S/C6H6N2O.C5H8N2/c7-6(9)5-2-1-3-8-4-5;1-4-3-6-7-5(4)2/h1-4H,(H2,7,9);3H,1-2H3,(H,6,7). The molecule has 5 heteroatoms. The first kappa shape index (κ1) is 11.9. The van der Waals surface area contributed by atoms with Crippen molar-refractivity contribution in [2.45, 2.75) is 13.8 Å². The molecule has 0 aliphatic carbocycles. The van der Waals surface area contributed by atoms with Gasteiger partial charge in [0.15, 0.2) is 0 Å². The molecule has 0 radical (unpaired) electrons. The van der Waals surface area contributed by atoms with Gasteiger partial charge in [0.2, 0.25) is 5.91 Å². The molecule has 0 fully saturated rings. The van der Waals surface area contributed by atoms with Crippen molar-refractivity contribution in [3.05, 3.63) is 47.5 Å². The van der Waals surface area contributed by atoms with Crippen molar-refractivity contribution in [1.29, 1.82) is 0 Å². The number of H-pyrrole nitrogens is 1. The van der Waals surface area contributed by atoms with Gasteiger partial charge in [-0.15, -0.1) is 0 Å². The van der Waals surface area contributed by atoms with Crippen LogP contribution in [0.1, 0.15) is 21.6 Å². The molecule has 84 valence electrons. The third-order valence-corrected chi connectivity index (χ3v) is 2.03. The maximum Gasteiger partial charge on any atom is 0.250 e. The Balaban J connectivity index is 0.000000165. The molecule has 0 unspecified atom stereocenters. The van der Waals surface area contributed by atoms with Crippen LogP contribution in [0.4, 0.5) is 0 Å². The Morgan fingerprint density at radius 3 is 2.38 bits per heavy atom. The van der Waals surface area contributed by atoms with E-state index in [0.717, 1.165) is 5.69 Å². The molecule has 2 heterocycles. The number of primary amides is 1. The molecule has 0 bridgehead atoms. The van der Waals surface area contributed by atoms with Crippen LogP contribution in [0.2, 0.25) is 0 Å². The molecule has 3 N–H and O–H groups in total. The second kappa shape index (κ2) is 5.65. The summed E-state index contributed by atoms with van der Waals surface area (Å²) in [5, 5.41) is 6.61. The fourth-order valence-electron chi connectivity index (χ4n) is 0.919. The van der Waals surface area contributed by atoms with Gasteiger partial charge in [0, 0.05) is 18.1 Å². The number of nitrogens with one attached hydrogen (secondary N) is 1.